The minimum Gasteiger partial charge on any atom is -0.468 e. The fraction of sp³-hybridized carbons (Fsp3) is 0.857. The van der Waals surface area contributed by atoms with Crippen molar-refractivity contribution in [3.63, 3.8) is 0 Å². The van der Waals surface area contributed by atoms with Gasteiger partial charge in [-0.25, -0.2) is 3.11 Å². The molecule has 0 radical (unpaired) electrons. The van der Waals surface area contributed by atoms with Crippen LogP contribution >= 0.6 is 22.9 Å². The van der Waals surface area contributed by atoms with Crippen LogP contribution in [-0.4, -0.2) is 53.8 Å². The van der Waals surface area contributed by atoms with Gasteiger partial charge in [-0.05, 0) is 0 Å². The third-order valence-electron chi connectivity index (χ3n) is 1.90. The average molecular weight is 284 g/mol. The molecule has 70 valence electrons. The van der Waals surface area contributed by atoms with Gasteiger partial charge in [0.2, 0.25) is 0 Å². The summed E-state index contributed by atoms with van der Waals surface area (Å²) >= 11 is 2.30. The Kier molecular flexibility index (Phi) is 4.24. The highest BCUT2D eigenvalue weighted by Gasteiger charge is 2.16. The Bertz CT molecular complexity index is 157. The lowest BCUT2D eigenvalue weighted by molar-refractivity contribution is -0.142. The van der Waals surface area contributed by atoms with Gasteiger partial charge < -0.3 is 4.74 Å². The molecule has 0 aliphatic carbocycles. The number of hydrogen-bond donors (Lipinski definition) is 0. The second-order valence-corrected chi connectivity index (χ2v) is 4.13. The van der Waals surface area contributed by atoms with Crippen molar-refractivity contribution in [1.29, 1.82) is 0 Å². The molecule has 0 atom stereocenters. The molecule has 1 heterocycles. The van der Waals surface area contributed by atoms with Gasteiger partial charge in [0, 0.05) is 49.0 Å². The molecule has 1 aliphatic heterocycles. The summed E-state index contributed by atoms with van der Waals surface area (Å²) in [5.74, 6) is -0.142. The van der Waals surface area contributed by atoms with Gasteiger partial charge in [-0.2, -0.15) is 0 Å². The highest BCUT2D eigenvalue weighted by molar-refractivity contribution is 14.1. The van der Waals surface area contributed by atoms with Gasteiger partial charge in [0.1, 0.15) is 0 Å². The van der Waals surface area contributed by atoms with Crippen molar-refractivity contribution in [3.8, 4) is 0 Å². The van der Waals surface area contributed by atoms with Crippen molar-refractivity contribution in [3.05, 3.63) is 0 Å². The zero-order chi connectivity index (χ0) is 8.97. The van der Waals surface area contributed by atoms with Crippen molar-refractivity contribution in [2.24, 2.45) is 0 Å². The number of methoxy groups -OCH3 is 1. The minimum absolute atomic E-state index is 0.142. The van der Waals surface area contributed by atoms with Crippen molar-refractivity contribution in [1.82, 2.24) is 8.01 Å². The Morgan fingerprint density at radius 3 is 2.50 bits per heavy atom. The summed E-state index contributed by atoms with van der Waals surface area (Å²) in [5.41, 5.74) is 0. The normalized spacial score (nSPS) is 20.8. The third kappa shape index (κ3) is 3.24. The van der Waals surface area contributed by atoms with E-state index in [1.54, 1.807) is 0 Å². The van der Waals surface area contributed by atoms with Crippen LogP contribution in [0.2, 0.25) is 0 Å². The van der Waals surface area contributed by atoms with Crippen LogP contribution in [-0.2, 0) is 9.53 Å². The molecule has 0 amide bonds. The molecule has 5 heteroatoms. The largest absolute Gasteiger partial charge is 0.468 e. The number of ether oxygens (including phenoxy) is 1. The molecule has 1 saturated heterocycles. The predicted molar refractivity (Wildman–Crippen MR) is 54.0 cm³/mol. The molecule has 0 N–H and O–H groups in total. The molecular formula is C7H13IN2O2. The van der Waals surface area contributed by atoms with Crippen molar-refractivity contribution >= 4 is 28.8 Å². The van der Waals surface area contributed by atoms with E-state index in [-0.39, 0.29) is 5.97 Å². The number of hydrogen-bond acceptors (Lipinski definition) is 4. The topological polar surface area (TPSA) is 32.8 Å². The van der Waals surface area contributed by atoms with E-state index < -0.39 is 0 Å². The standard InChI is InChI=1S/C7H13IN2O2/c1-12-7(11)6-9-2-4-10(8)5-3-9/h2-6H2,1H3. The van der Waals surface area contributed by atoms with Crippen LogP contribution in [0, 0.1) is 0 Å². The molecule has 0 unspecified atom stereocenters. The second kappa shape index (κ2) is 4.98. The summed E-state index contributed by atoms with van der Waals surface area (Å²) in [6.45, 7) is 4.40. The Morgan fingerprint density at radius 1 is 1.42 bits per heavy atom. The molecule has 1 rings (SSSR count). The third-order valence-corrected chi connectivity index (χ3v) is 2.86. The van der Waals surface area contributed by atoms with E-state index in [1.807, 2.05) is 0 Å². The molecule has 0 aromatic rings. The highest BCUT2D eigenvalue weighted by Crippen LogP contribution is 2.05. The molecule has 0 aromatic heterocycles. The zero-order valence-corrected chi connectivity index (χ0v) is 9.28. The first-order valence-corrected chi connectivity index (χ1v) is 4.89. The summed E-state index contributed by atoms with van der Waals surface area (Å²) in [6, 6.07) is 0. The Labute approximate surface area is 86.3 Å². The van der Waals surface area contributed by atoms with Crippen LogP contribution in [0.25, 0.3) is 0 Å². The molecule has 0 bridgehead atoms. The molecular weight excluding hydrogens is 271 g/mol. The van der Waals surface area contributed by atoms with E-state index in [0.29, 0.717) is 6.54 Å². The fourth-order valence-corrected chi connectivity index (χ4v) is 1.56. The van der Waals surface area contributed by atoms with Crippen molar-refractivity contribution in [2.75, 3.05) is 39.8 Å². The number of esters is 1. The van der Waals surface area contributed by atoms with Crippen molar-refractivity contribution < 1.29 is 9.53 Å². The first kappa shape index (κ1) is 10.2. The first-order chi connectivity index (χ1) is 5.72. The van der Waals surface area contributed by atoms with Crippen LogP contribution in [0.4, 0.5) is 0 Å². The quantitative estimate of drug-likeness (QED) is 0.410. The number of rotatable bonds is 2. The lowest BCUT2D eigenvalue weighted by Gasteiger charge is -2.29. The highest BCUT2D eigenvalue weighted by atomic mass is 127. The van der Waals surface area contributed by atoms with Gasteiger partial charge in [0.25, 0.3) is 0 Å². The van der Waals surface area contributed by atoms with Crippen LogP contribution < -0.4 is 0 Å². The Balaban J connectivity index is 2.21. The SMILES string of the molecule is COC(=O)CN1CCN(I)CC1. The van der Waals surface area contributed by atoms with E-state index in [4.69, 9.17) is 0 Å². The van der Waals surface area contributed by atoms with E-state index in [9.17, 15) is 4.79 Å². The summed E-state index contributed by atoms with van der Waals surface area (Å²) in [5, 5.41) is 0. The lowest BCUT2D eigenvalue weighted by Crippen LogP contribution is -2.44. The van der Waals surface area contributed by atoms with E-state index in [2.05, 4.69) is 35.6 Å². The number of carbonyl (C=O) groups excluding carboxylic acids is 1. The zero-order valence-electron chi connectivity index (χ0n) is 7.12. The molecule has 4 nitrogen and oxygen atoms in total. The minimum atomic E-state index is -0.142. The number of nitrogens with zero attached hydrogens (tertiary/aromatic N) is 2. The predicted octanol–water partition coefficient (Wildman–Crippen LogP) is 0.127. The smallest absolute Gasteiger partial charge is 0.319 e. The maximum absolute atomic E-state index is 10.9. The number of carbonyl (C=O) groups is 1. The van der Waals surface area contributed by atoms with Gasteiger partial charge in [-0.3, -0.25) is 9.69 Å². The lowest BCUT2D eigenvalue weighted by atomic mass is 10.3. The first-order valence-electron chi connectivity index (χ1n) is 3.92. The summed E-state index contributed by atoms with van der Waals surface area (Å²) in [6.07, 6.45) is 0. The van der Waals surface area contributed by atoms with E-state index >= 15 is 0 Å². The monoisotopic (exact) mass is 284 g/mol. The maximum Gasteiger partial charge on any atom is 0.319 e. The molecule has 1 fully saturated rings. The van der Waals surface area contributed by atoms with Crippen molar-refractivity contribution in [2.45, 2.75) is 0 Å². The van der Waals surface area contributed by atoms with Crippen LogP contribution in [0.3, 0.4) is 0 Å². The Morgan fingerprint density at radius 2 is 2.00 bits per heavy atom. The fourth-order valence-electron chi connectivity index (χ4n) is 1.13. The van der Waals surface area contributed by atoms with E-state index in [0.717, 1.165) is 26.2 Å². The van der Waals surface area contributed by atoms with Crippen LogP contribution in [0.1, 0.15) is 0 Å². The maximum atomic E-state index is 10.9. The Hall–Kier alpha value is 0.120. The average Bonchev–Trinajstić information content (AvgIpc) is 2.09. The number of halogens is 1. The van der Waals surface area contributed by atoms with Gasteiger partial charge >= 0.3 is 5.97 Å². The number of piperazine rings is 1. The summed E-state index contributed by atoms with van der Waals surface area (Å²) < 4.78 is 6.81. The van der Waals surface area contributed by atoms with Crippen LogP contribution in [0.15, 0.2) is 0 Å². The molecule has 0 spiro atoms. The second-order valence-electron chi connectivity index (χ2n) is 2.76. The summed E-state index contributed by atoms with van der Waals surface area (Å²) in [7, 11) is 1.43. The van der Waals surface area contributed by atoms with Crippen LogP contribution in [0.5, 0.6) is 0 Å². The molecule has 0 saturated carbocycles. The molecule has 0 aromatic carbocycles. The summed E-state index contributed by atoms with van der Waals surface area (Å²) in [4.78, 5) is 13.0. The van der Waals surface area contributed by atoms with Gasteiger partial charge in [-0.15, -0.1) is 0 Å². The molecule has 1 aliphatic rings. The van der Waals surface area contributed by atoms with Gasteiger partial charge in [0.05, 0.1) is 13.7 Å². The van der Waals surface area contributed by atoms with Gasteiger partial charge in [-0.1, -0.05) is 0 Å². The molecule has 12 heavy (non-hydrogen) atoms. The van der Waals surface area contributed by atoms with Gasteiger partial charge in [0.15, 0.2) is 0 Å². The van der Waals surface area contributed by atoms with E-state index in [1.165, 1.54) is 7.11 Å².